The fraction of sp³-hybridized carbons (Fsp3) is 0. The first kappa shape index (κ1) is 18.8. The predicted molar refractivity (Wildman–Crippen MR) is 104 cm³/mol. The molecule has 0 amide bonds. The molecule has 25 heavy (non-hydrogen) atoms. The minimum atomic E-state index is -0.459. The molecular weight excluding hydrogens is 434 g/mol. The van der Waals surface area contributed by atoms with Crippen LogP contribution < -0.4 is 11.5 Å². The molecule has 0 atom stereocenters. The zero-order valence-corrected chi connectivity index (χ0v) is 15.6. The first-order valence-corrected chi connectivity index (χ1v) is 8.16. The van der Waals surface area contributed by atoms with E-state index >= 15 is 0 Å². The number of nitro benzene ring substituents is 1. The number of nitro groups is 1. The van der Waals surface area contributed by atoms with Crippen molar-refractivity contribution in [3.8, 4) is 11.3 Å². The summed E-state index contributed by atoms with van der Waals surface area (Å²) in [7, 11) is 0. The average molecular weight is 445 g/mol. The summed E-state index contributed by atoms with van der Waals surface area (Å²) >= 11 is 4.60. The van der Waals surface area contributed by atoms with Gasteiger partial charge in [0, 0.05) is 23.2 Å². The Morgan fingerprint density at radius 1 is 1.44 bits per heavy atom. The molecule has 2 aromatic heterocycles. The van der Waals surface area contributed by atoms with Crippen LogP contribution in [0.4, 0.5) is 5.69 Å². The van der Waals surface area contributed by atoms with Gasteiger partial charge < -0.3 is 11.5 Å². The number of hydrogen-bond donors (Lipinski definition) is 2. The third-order valence-corrected chi connectivity index (χ3v) is 4.50. The van der Waals surface area contributed by atoms with Gasteiger partial charge in [-0.05, 0) is 22.0 Å². The Bertz CT molecular complexity index is 994. The Balaban J connectivity index is 0.00000225. The van der Waals surface area contributed by atoms with Crippen LogP contribution in [-0.2, 0) is 0 Å². The molecule has 2 heterocycles. The number of fused-ring (bicyclic) bond motifs is 1. The monoisotopic (exact) mass is 443 g/mol. The quantitative estimate of drug-likeness (QED) is 0.276. The highest BCUT2D eigenvalue weighted by Gasteiger charge is 2.18. The minimum Gasteiger partial charge on any atom is -0.369 e. The third-order valence-electron chi connectivity index (χ3n) is 3.07. The van der Waals surface area contributed by atoms with Crippen molar-refractivity contribution >= 4 is 62.5 Å². The summed E-state index contributed by atoms with van der Waals surface area (Å²) in [5.41, 5.74) is 12.2. The maximum Gasteiger partial charge on any atom is 0.284 e. The van der Waals surface area contributed by atoms with Crippen LogP contribution in [0.5, 0.6) is 0 Å². The van der Waals surface area contributed by atoms with Gasteiger partial charge in [-0.3, -0.25) is 14.5 Å². The molecular formula is C13H11BrClN7O2S. The average Bonchev–Trinajstić information content (AvgIpc) is 3.09. The molecule has 12 heteroatoms. The van der Waals surface area contributed by atoms with Crippen molar-refractivity contribution in [2.45, 2.75) is 0 Å². The molecule has 0 aliphatic rings. The first-order chi connectivity index (χ1) is 11.5. The number of aromatic nitrogens is 2. The highest BCUT2D eigenvalue weighted by molar-refractivity contribution is 9.10. The molecule has 0 aliphatic carbocycles. The van der Waals surface area contributed by atoms with E-state index in [0.717, 1.165) is 4.96 Å². The second kappa shape index (κ2) is 7.59. The molecule has 0 unspecified atom stereocenters. The maximum atomic E-state index is 11.1. The maximum absolute atomic E-state index is 11.1. The van der Waals surface area contributed by atoms with Crippen LogP contribution in [0, 0.1) is 10.1 Å². The van der Waals surface area contributed by atoms with Gasteiger partial charge in [0.05, 0.1) is 27.0 Å². The van der Waals surface area contributed by atoms with E-state index in [1.54, 1.807) is 16.5 Å². The summed E-state index contributed by atoms with van der Waals surface area (Å²) in [6.45, 7) is 0. The Kier molecular flexibility index (Phi) is 5.72. The number of guanidine groups is 1. The normalized spacial score (nSPS) is 10.8. The Morgan fingerprint density at radius 3 is 2.88 bits per heavy atom. The summed E-state index contributed by atoms with van der Waals surface area (Å²) in [6, 6.07) is 4.80. The summed E-state index contributed by atoms with van der Waals surface area (Å²) in [4.78, 5) is 15.9. The Hall–Kier alpha value is -2.50. The van der Waals surface area contributed by atoms with Gasteiger partial charge >= 0.3 is 0 Å². The molecule has 4 N–H and O–H groups in total. The van der Waals surface area contributed by atoms with Crippen molar-refractivity contribution in [1.29, 1.82) is 0 Å². The van der Waals surface area contributed by atoms with Gasteiger partial charge in [-0.2, -0.15) is 5.10 Å². The number of halogens is 2. The van der Waals surface area contributed by atoms with Crippen molar-refractivity contribution in [1.82, 2.24) is 9.38 Å². The van der Waals surface area contributed by atoms with Crippen molar-refractivity contribution in [3.05, 3.63) is 50.1 Å². The van der Waals surface area contributed by atoms with Crippen LogP contribution in [0.15, 0.2) is 44.5 Å². The number of thiazole rings is 1. The van der Waals surface area contributed by atoms with Crippen molar-refractivity contribution in [2.75, 3.05) is 0 Å². The van der Waals surface area contributed by atoms with Crippen LogP contribution >= 0.6 is 39.7 Å². The van der Waals surface area contributed by atoms with Gasteiger partial charge in [-0.1, -0.05) is 6.07 Å². The lowest BCUT2D eigenvalue weighted by atomic mass is 10.1. The first-order valence-electron chi connectivity index (χ1n) is 6.49. The summed E-state index contributed by atoms with van der Waals surface area (Å²) in [5.74, 6) is -0.168. The zero-order chi connectivity index (χ0) is 17.3. The number of hydrogen-bond acceptors (Lipinski definition) is 6. The molecule has 0 radical (unpaired) electrons. The zero-order valence-electron chi connectivity index (χ0n) is 12.4. The number of imidazole rings is 1. The lowest BCUT2D eigenvalue weighted by Gasteiger charge is -2.01. The van der Waals surface area contributed by atoms with Crippen LogP contribution in [0.1, 0.15) is 5.69 Å². The van der Waals surface area contributed by atoms with E-state index in [-0.39, 0.29) is 24.1 Å². The summed E-state index contributed by atoms with van der Waals surface area (Å²) in [6.07, 6.45) is 3.27. The van der Waals surface area contributed by atoms with Crippen molar-refractivity contribution in [3.63, 3.8) is 0 Å². The SMILES string of the molecule is Cl.NC(N)=N/N=C/c1c(-c2ccc(Br)c([N+](=O)[O-])c2)nc2sccn12. The molecule has 1 aromatic carbocycles. The molecule has 3 aromatic rings. The van der Waals surface area contributed by atoms with E-state index in [4.69, 9.17) is 11.5 Å². The second-order valence-electron chi connectivity index (χ2n) is 4.59. The standard InChI is InChI=1S/C13H10BrN7O2S.ClH/c14-8-2-1-7(5-9(8)21(22)23)11-10(6-17-19-12(15)16)20-3-4-24-13(20)18-11;/h1-6H,(H4,15,16,19);1H/b17-6+;. The molecule has 9 nitrogen and oxygen atoms in total. The highest BCUT2D eigenvalue weighted by atomic mass is 79.9. The molecule has 0 saturated heterocycles. The molecule has 0 spiro atoms. The lowest BCUT2D eigenvalue weighted by Crippen LogP contribution is -2.21. The molecule has 3 rings (SSSR count). The molecule has 0 bridgehead atoms. The Labute approximate surface area is 159 Å². The van der Waals surface area contributed by atoms with Crippen molar-refractivity contribution in [2.24, 2.45) is 21.7 Å². The van der Waals surface area contributed by atoms with E-state index in [2.05, 4.69) is 31.1 Å². The third kappa shape index (κ3) is 3.78. The van der Waals surface area contributed by atoms with Gasteiger partial charge in [0.1, 0.15) is 0 Å². The van der Waals surface area contributed by atoms with E-state index in [9.17, 15) is 10.1 Å². The van der Waals surface area contributed by atoms with Gasteiger partial charge in [0.15, 0.2) is 4.96 Å². The van der Waals surface area contributed by atoms with Gasteiger partial charge in [0.2, 0.25) is 5.96 Å². The highest BCUT2D eigenvalue weighted by Crippen LogP contribution is 2.32. The van der Waals surface area contributed by atoms with Crippen LogP contribution in [0.3, 0.4) is 0 Å². The van der Waals surface area contributed by atoms with Gasteiger partial charge in [-0.25, -0.2) is 4.98 Å². The molecule has 130 valence electrons. The summed E-state index contributed by atoms with van der Waals surface area (Å²) in [5, 5.41) is 20.4. The number of nitrogens with two attached hydrogens (primary N) is 2. The summed E-state index contributed by atoms with van der Waals surface area (Å²) < 4.78 is 2.20. The fourth-order valence-electron chi connectivity index (χ4n) is 2.09. The van der Waals surface area contributed by atoms with Gasteiger partial charge in [-0.15, -0.1) is 28.8 Å². The van der Waals surface area contributed by atoms with Crippen LogP contribution in [-0.4, -0.2) is 26.5 Å². The minimum absolute atomic E-state index is 0. The van der Waals surface area contributed by atoms with Crippen LogP contribution in [0.2, 0.25) is 0 Å². The predicted octanol–water partition coefficient (Wildman–Crippen LogP) is 2.76. The molecule has 0 saturated carbocycles. The van der Waals surface area contributed by atoms with Gasteiger partial charge in [0.25, 0.3) is 5.69 Å². The number of nitrogens with zero attached hydrogens (tertiary/aromatic N) is 5. The van der Waals surface area contributed by atoms with E-state index in [1.807, 2.05) is 11.6 Å². The number of benzene rings is 1. The lowest BCUT2D eigenvalue weighted by molar-refractivity contribution is -0.385. The second-order valence-corrected chi connectivity index (χ2v) is 6.32. The van der Waals surface area contributed by atoms with E-state index < -0.39 is 4.92 Å². The topological polar surface area (TPSA) is 137 Å². The smallest absolute Gasteiger partial charge is 0.284 e. The number of rotatable bonds is 4. The van der Waals surface area contributed by atoms with Crippen LogP contribution in [0.25, 0.3) is 16.2 Å². The fourth-order valence-corrected chi connectivity index (χ4v) is 3.20. The largest absolute Gasteiger partial charge is 0.369 e. The van der Waals surface area contributed by atoms with E-state index in [1.165, 1.54) is 23.6 Å². The van der Waals surface area contributed by atoms with Crippen molar-refractivity contribution < 1.29 is 4.92 Å². The Morgan fingerprint density at radius 2 is 2.20 bits per heavy atom. The molecule has 0 fully saturated rings. The molecule has 0 aliphatic heterocycles. The van der Waals surface area contributed by atoms with E-state index in [0.29, 0.717) is 21.4 Å².